The van der Waals surface area contributed by atoms with E-state index in [0.29, 0.717) is 11.1 Å². The van der Waals surface area contributed by atoms with Gasteiger partial charge in [-0.25, -0.2) is 4.68 Å². The van der Waals surface area contributed by atoms with Gasteiger partial charge >= 0.3 is 0 Å². The molecule has 0 amide bonds. The molecule has 0 aliphatic rings. The molecule has 2 aromatic heterocycles. The van der Waals surface area contributed by atoms with Crippen molar-refractivity contribution >= 4 is 22.5 Å². The van der Waals surface area contributed by atoms with Gasteiger partial charge in [0.2, 0.25) is 0 Å². The Morgan fingerprint density at radius 2 is 2.10 bits per heavy atom. The lowest BCUT2D eigenvalue weighted by molar-refractivity contribution is 0.582. The minimum absolute atomic E-state index is 0.417. The monoisotopic (exact) mass is 300 g/mol. The van der Waals surface area contributed by atoms with Gasteiger partial charge in [-0.2, -0.15) is 5.10 Å². The molecule has 0 fully saturated rings. The number of benzene rings is 1. The molecule has 4 nitrogen and oxygen atoms in total. The van der Waals surface area contributed by atoms with Crippen molar-refractivity contribution in [2.24, 2.45) is 0 Å². The second-order valence-electron chi connectivity index (χ2n) is 5.29. The summed E-state index contributed by atoms with van der Waals surface area (Å²) in [7, 11) is 0. The molecule has 0 saturated heterocycles. The standard InChI is InChI=1S/C16H17ClN4/c1-11(2)18-9-13-7-16(21-10-12(17)8-19-21)14-5-3-4-6-15(14)20-13/h3-8,10-11,18H,9H2,1-2H3. The molecule has 0 unspecified atom stereocenters. The zero-order valence-corrected chi connectivity index (χ0v) is 12.8. The number of fused-ring (bicyclic) bond motifs is 1. The molecule has 3 aromatic rings. The van der Waals surface area contributed by atoms with Crippen molar-refractivity contribution in [2.75, 3.05) is 0 Å². The fraction of sp³-hybridized carbons (Fsp3) is 0.250. The fourth-order valence-electron chi connectivity index (χ4n) is 2.23. The Morgan fingerprint density at radius 1 is 1.29 bits per heavy atom. The van der Waals surface area contributed by atoms with Crippen LogP contribution in [0.25, 0.3) is 16.6 Å². The van der Waals surface area contributed by atoms with Crippen molar-refractivity contribution in [1.82, 2.24) is 20.1 Å². The zero-order valence-electron chi connectivity index (χ0n) is 12.0. The normalized spacial score (nSPS) is 11.4. The first kappa shape index (κ1) is 14.0. The van der Waals surface area contributed by atoms with Crippen LogP contribution < -0.4 is 5.32 Å². The minimum Gasteiger partial charge on any atom is -0.309 e. The van der Waals surface area contributed by atoms with Gasteiger partial charge in [0.05, 0.1) is 28.1 Å². The van der Waals surface area contributed by atoms with Crippen LogP contribution in [0.5, 0.6) is 0 Å². The van der Waals surface area contributed by atoms with Crippen LogP contribution in [0, 0.1) is 0 Å². The molecular weight excluding hydrogens is 284 g/mol. The highest BCUT2D eigenvalue weighted by atomic mass is 35.5. The van der Waals surface area contributed by atoms with E-state index in [1.165, 1.54) is 0 Å². The summed E-state index contributed by atoms with van der Waals surface area (Å²) in [5, 5.41) is 9.38. The predicted molar refractivity (Wildman–Crippen MR) is 85.9 cm³/mol. The Labute approximate surface area is 128 Å². The Hall–Kier alpha value is -1.91. The van der Waals surface area contributed by atoms with Gasteiger partial charge in [0.25, 0.3) is 0 Å². The van der Waals surface area contributed by atoms with Gasteiger partial charge in [-0.1, -0.05) is 43.6 Å². The van der Waals surface area contributed by atoms with Crippen molar-refractivity contribution in [3.63, 3.8) is 0 Å². The SMILES string of the molecule is CC(C)NCc1cc(-n2cc(Cl)cn2)c2ccccc2n1. The van der Waals surface area contributed by atoms with Crippen molar-refractivity contribution in [3.05, 3.63) is 53.4 Å². The summed E-state index contributed by atoms with van der Waals surface area (Å²) in [6.45, 7) is 4.97. The molecule has 0 saturated carbocycles. The largest absolute Gasteiger partial charge is 0.309 e. The van der Waals surface area contributed by atoms with Gasteiger partial charge in [-0.05, 0) is 12.1 Å². The maximum atomic E-state index is 5.99. The maximum Gasteiger partial charge on any atom is 0.0790 e. The summed E-state index contributed by atoms with van der Waals surface area (Å²) >= 11 is 5.99. The Bertz CT molecular complexity index is 764. The number of aromatic nitrogens is 3. The van der Waals surface area contributed by atoms with E-state index in [-0.39, 0.29) is 0 Å². The van der Waals surface area contributed by atoms with E-state index >= 15 is 0 Å². The van der Waals surface area contributed by atoms with Crippen molar-refractivity contribution < 1.29 is 0 Å². The lowest BCUT2D eigenvalue weighted by Crippen LogP contribution is -2.22. The number of hydrogen-bond donors (Lipinski definition) is 1. The van der Waals surface area contributed by atoms with Crippen LogP contribution in [0.1, 0.15) is 19.5 Å². The van der Waals surface area contributed by atoms with Crippen molar-refractivity contribution in [3.8, 4) is 5.69 Å². The minimum atomic E-state index is 0.417. The maximum absolute atomic E-state index is 5.99. The second-order valence-corrected chi connectivity index (χ2v) is 5.73. The molecule has 1 aromatic carbocycles. The van der Waals surface area contributed by atoms with E-state index in [1.54, 1.807) is 10.9 Å². The number of para-hydroxylation sites is 1. The molecule has 0 bridgehead atoms. The first-order valence-electron chi connectivity index (χ1n) is 6.96. The third-order valence-electron chi connectivity index (χ3n) is 3.24. The molecular formula is C16H17ClN4. The topological polar surface area (TPSA) is 42.7 Å². The van der Waals surface area contributed by atoms with Gasteiger partial charge in [0.1, 0.15) is 0 Å². The quantitative estimate of drug-likeness (QED) is 0.801. The van der Waals surface area contributed by atoms with Crippen LogP contribution >= 0.6 is 11.6 Å². The molecule has 0 aliphatic heterocycles. The van der Waals surface area contributed by atoms with Crippen LogP contribution in [-0.2, 0) is 6.54 Å². The molecule has 21 heavy (non-hydrogen) atoms. The summed E-state index contributed by atoms with van der Waals surface area (Å²) in [4.78, 5) is 4.70. The van der Waals surface area contributed by atoms with E-state index in [9.17, 15) is 0 Å². The number of pyridine rings is 1. The molecule has 0 radical (unpaired) electrons. The van der Waals surface area contributed by atoms with Crippen molar-refractivity contribution in [2.45, 2.75) is 26.4 Å². The molecule has 0 spiro atoms. The lowest BCUT2D eigenvalue weighted by atomic mass is 10.1. The number of nitrogens with one attached hydrogen (secondary N) is 1. The Balaban J connectivity index is 2.11. The van der Waals surface area contributed by atoms with E-state index < -0.39 is 0 Å². The fourth-order valence-corrected chi connectivity index (χ4v) is 2.37. The average molecular weight is 301 g/mol. The van der Waals surface area contributed by atoms with Gasteiger partial charge in [-0.15, -0.1) is 0 Å². The second kappa shape index (κ2) is 5.84. The summed E-state index contributed by atoms with van der Waals surface area (Å²) in [5.74, 6) is 0. The number of nitrogens with zero attached hydrogens (tertiary/aromatic N) is 3. The van der Waals surface area contributed by atoms with E-state index in [0.717, 1.165) is 28.8 Å². The van der Waals surface area contributed by atoms with Crippen LogP contribution in [0.4, 0.5) is 0 Å². The highest BCUT2D eigenvalue weighted by Crippen LogP contribution is 2.22. The van der Waals surface area contributed by atoms with Crippen LogP contribution in [0.15, 0.2) is 42.7 Å². The first-order valence-corrected chi connectivity index (χ1v) is 7.34. The lowest BCUT2D eigenvalue weighted by Gasteiger charge is -2.12. The van der Waals surface area contributed by atoms with E-state index in [1.807, 2.05) is 30.5 Å². The third-order valence-corrected chi connectivity index (χ3v) is 3.43. The summed E-state index contributed by atoms with van der Waals surface area (Å²) in [6.07, 6.45) is 3.45. The van der Waals surface area contributed by atoms with Gasteiger partial charge in [-0.3, -0.25) is 4.98 Å². The number of rotatable bonds is 4. The molecule has 0 aliphatic carbocycles. The first-order chi connectivity index (χ1) is 10.1. The molecule has 5 heteroatoms. The van der Waals surface area contributed by atoms with Gasteiger partial charge < -0.3 is 5.32 Å². The Morgan fingerprint density at radius 3 is 2.81 bits per heavy atom. The Kier molecular flexibility index (Phi) is 3.90. The highest BCUT2D eigenvalue weighted by molar-refractivity contribution is 6.30. The average Bonchev–Trinajstić information content (AvgIpc) is 2.90. The molecule has 108 valence electrons. The molecule has 2 heterocycles. The van der Waals surface area contributed by atoms with Crippen LogP contribution in [-0.4, -0.2) is 20.8 Å². The molecule has 1 N–H and O–H groups in total. The highest BCUT2D eigenvalue weighted by Gasteiger charge is 2.09. The van der Waals surface area contributed by atoms with Crippen LogP contribution in [0.2, 0.25) is 5.02 Å². The van der Waals surface area contributed by atoms with Crippen molar-refractivity contribution in [1.29, 1.82) is 0 Å². The number of halogens is 1. The summed E-state index contributed by atoms with van der Waals surface area (Å²) in [6, 6.07) is 10.5. The smallest absolute Gasteiger partial charge is 0.0790 e. The van der Waals surface area contributed by atoms with Crippen LogP contribution in [0.3, 0.4) is 0 Å². The summed E-state index contributed by atoms with van der Waals surface area (Å²) in [5.41, 5.74) is 2.94. The van der Waals surface area contributed by atoms with E-state index in [4.69, 9.17) is 16.6 Å². The zero-order chi connectivity index (χ0) is 14.8. The van der Waals surface area contributed by atoms with E-state index in [2.05, 4.69) is 30.3 Å². The predicted octanol–water partition coefficient (Wildman–Crippen LogP) is 3.57. The third kappa shape index (κ3) is 3.06. The van der Waals surface area contributed by atoms with Gasteiger partial charge in [0.15, 0.2) is 0 Å². The molecule has 0 atom stereocenters. The summed E-state index contributed by atoms with van der Waals surface area (Å²) < 4.78 is 1.80. The van der Waals surface area contributed by atoms with Gasteiger partial charge in [0, 0.05) is 24.2 Å². The number of hydrogen-bond acceptors (Lipinski definition) is 3. The molecule has 3 rings (SSSR count).